The lowest BCUT2D eigenvalue weighted by atomic mass is 9.47. The van der Waals surface area contributed by atoms with E-state index in [1.807, 2.05) is 72.8 Å². The van der Waals surface area contributed by atoms with Crippen molar-refractivity contribution in [3.8, 4) is 5.75 Å². The number of nitro benzene ring substituents is 1. The number of non-ortho nitro benzene ring substituents is 1. The van der Waals surface area contributed by atoms with Gasteiger partial charge in [0.1, 0.15) is 5.75 Å². The summed E-state index contributed by atoms with van der Waals surface area (Å²) in [5.41, 5.74) is 7.23. The number of methoxy groups -OCH3 is 1. The third-order valence-corrected chi connectivity index (χ3v) is 9.13. The van der Waals surface area contributed by atoms with Crippen LogP contribution >= 0.6 is 0 Å². The predicted octanol–water partition coefficient (Wildman–Crippen LogP) is 5.13. The number of benzene rings is 4. The molecule has 0 spiro atoms. The number of imide groups is 1. The highest BCUT2D eigenvalue weighted by Gasteiger charge is 2.68. The van der Waals surface area contributed by atoms with Crippen LogP contribution in [0.1, 0.15) is 28.2 Å². The molecule has 1 aliphatic heterocycles. The molecule has 1 aromatic heterocycles. The second-order valence-electron chi connectivity index (χ2n) is 11.1. The molecule has 4 aromatic carbocycles. The van der Waals surface area contributed by atoms with Gasteiger partial charge in [0.2, 0.25) is 17.8 Å². The molecule has 1 fully saturated rings. The first-order chi connectivity index (χ1) is 21.4. The fraction of sp³-hybridized carbons (Fsp3) is 0.152. The van der Waals surface area contributed by atoms with Gasteiger partial charge in [0.15, 0.2) is 0 Å². The Morgan fingerprint density at radius 3 is 2.34 bits per heavy atom. The number of hydrogen-bond acceptors (Lipinski definition) is 8. The van der Waals surface area contributed by atoms with Crippen molar-refractivity contribution in [1.29, 1.82) is 0 Å². The number of nitrogens with one attached hydrogen (secondary N) is 2. The number of ether oxygens (including phenoxy) is 1. The maximum atomic E-state index is 14.6. The zero-order valence-electron chi connectivity index (χ0n) is 23.3. The van der Waals surface area contributed by atoms with Gasteiger partial charge in [-0.25, -0.2) is 15.3 Å². The Balaban J connectivity index is 1.31. The van der Waals surface area contributed by atoms with Crippen molar-refractivity contribution in [1.82, 2.24) is 9.97 Å². The molecule has 11 heteroatoms. The highest BCUT2D eigenvalue weighted by molar-refractivity contribution is 6.25. The fourth-order valence-corrected chi connectivity index (χ4v) is 7.45. The molecule has 44 heavy (non-hydrogen) atoms. The van der Waals surface area contributed by atoms with E-state index in [1.165, 1.54) is 25.3 Å². The highest BCUT2D eigenvalue weighted by atomic mass is 16.6. The van der Waals surface area contributed by atoms with Crippen LogP contribution in [0.25, 0.3) is 11.0 Å². The van der Waals surface area contributed by atoms with Crippen LogP contribution in [-0.4, -0.2) is 40.0 Å². The van der Waals surface area contributed by atoms with E-state index in [-0.39, 0.29) is 28.9 Å². The van der Waals surface area contributed by atoms with Gasteiger partial charge in [0.25, 0.3) is 5.69 Å². The van der Waals surface area contributed by atoms with E-state index in [0.717, 1.165) is 38.2 Å². The van der Waals surface area contributed by atoms with Gasteiger partial charge < -0.3 is 9.72 Å². The largest absolute Gasteiger partial charge is 0.494 e. The van der Waals surface area contributed by atoms with Crippen LogP contribution in [0.3, 0.4) is 0 Å². The number of anilines is 2. The Hall–Kier alpha value is -5.84. The van der Waals surface area contributed by atoms with Crippen molar-refractivity contribution < 1.29 is 19.2 Å². The second-order valence-corrected chi connectivity index (χ2v) is 11.1. The number of para-hydroxylation sites is 2. The Bertz CT molecular complexity index is 1990. The number of aromatic nitrogens is 2. The summed E-state index contributed by atoms with van der Waals surface area (Å²) in [5.74, 6) is -2.23. The third kappa shape index (κ3) is 3.37. The first kappa shape index (κ1) is 25.8. The molecular weight excluding hydrogens is 560 g/mol. The molecule has 0 saturated carbocycles. The second kappa shape index (κ2) is 9.33. The predicted molar refractivity (Wildman–Crippen MR) is 163 cm³/mol. The van der Waals surface area contributed by atoms with Gasteiger partial charge in [-0.15, -0.1) is 0 Å². The summed E-state index contributed by atoms with van der Waals surface area (Å²) >= 11 is 0. The smallest absolute Gasteiger partial charge is 0.273 e. The van der Waals surface area contributed by atoms with E-state index in [0.29, 0.717) is 5.95 Å². The van der Waals surface area contributed by atoms with Crippen molar-refractivity contribution >= 4 is 46.4 Å². The molecular formula is C33H24N6O5. The Morgan fingerprint density at radius 2 is 1.66 bits per heavy atom. The first-order valence-corrected chi connectivity index (χ1v) is 14.1. The summed E-state index contributed by atoms with van der Waals surface area (Å²) < 4.78 is 5.46. The summed E-state index contributed by atoms with van der Waals surface area (Å²) in [6, 6.07) is 27.3. The minimum atomic E-state index is -1.10. The molecule has 9 rings (SSSR count). The number of amides is 2. The van der Waals surface area contributed by atoms with E-state index in [2.05, 4.69) is 20.5 Å². The van der Waals surface area contributed by atoms with Gasteiger partial charge in [-0.05, 0) is 40.5 Å². The average molecular weight is 585 g/mol. The normalized spacial score (nSPS) is 23.1. The Morgan fingerprint density at radius 1 is 0.977 bits per heavy atom. The lowest BCUT2D eigenvalue weighted by Gasteiger charge is -2.52. The van der Waals surface area contributed by atoms with E-state index in [4.69, 9.17) is 4.74 Å². The average Bonchev–Trinajstić information content (AvgIpc) is 3.58. The number of nitro groups is 1. The van der Waals surface area contributed by atoms with E-state index in [1.54, 1.807) is 6.21 Å². The zero-order chi connectivity index (χ0) is 30.2. The Kier molecular flexibility index (Phi) is 5.48. The van der Waals surface area contributed by atoms with Crippen LogP contribution in [-0.2, 0) is 15.0 Å². The van der Waals surface area contributed by atoms with Gasteiger partial charge in [-0.3, -0.25) is 19.7 Å². The fourth-order valence-electron chi connectivity index (χ4n) is 7.45. The number of aromatic amines is 1. The molecule has 2 atom stereocenters. The maximum absolute atomic E-state index is 14.6. The summed E-state index contributed by atoms with van der Waals surface area (Å²) in [7, 11) is 1.36. The zero-order valence-corrected chi connectivity index (χ0v) is 23.3. The van der Waals surface area contributed by atoms with Crippen LogP contribution in [0, 0.1) is 22.0 Å². The van der Waals surface area contributed by atoms with Gasteiger partial charge in [-0.2, -0.15) is 5.10 Å². The molecule has 2 heterocycles. The highest BCUT2D eigenvalue weighted by Crippen LogP contribution is 2.64. The molecule has 5 aromatic rings. The number of H-pyrrole nitrogens is 1. The van der Waals surface area contributed by atoms with Gasteiger partial charge in [0.05, 0.1) is 52.1 Å². The monoisotopic (exact) mass is 584 g/mol. The van der Waals surface area contributed by atoms with E-state index < -0.39 is 28.1 Å². The van der Waals surface area contributed by atoms with E-state index in [9.17, 15) is 19.7 Å². The SMILES string of the molecule is COc1cc([N+](=O)[O-])ccc1N1C(=O)[C@@H]2[C@@H](C1=O)C1c3ccccc3C2(/C=N\Nc2nc3ccccc3[nH]2)c2ccccc21. The van der Waals surface area contributed by atoms with Gasteiger partial charge >= 0.3 is 0 Å². The molecule has 4 aliphatic rings. The molecule has 11 nitrogen and oxygen atoms in total. The van der Waals surface area contributed by atoms with E-state index >= 15 is 0 Å². The molecule has 0 unspecified atom stereocenters. The summed E-state index contributed by atoms with van der Waals surface area (Å²) in [5, 5.41) is 16.1. The lowest BCUT2D eigenvalue weighted by molar-refractivity contribution is -0.384. The van der Waals surface area contributed by atoms with Crippen molar-refractivity contribution in [3.05, 3.63) is 123 Å². The summed E-state index contributed by atoms with van der Waals surface area (Å²) in [6.45, 7) is 0. The minimum Gasteiger partial charge on any atom is -0.494 e. The van der Waals surface area contributed by atoms with Gasteiger partial charge in [-0.1, -0.05) is 60.7 Å². The lowest BCUT2D eigenvalue weighted by Crippen LogP contribution is -2.54. The van der Waals surface area contributed by atoms with Crippen LogP contribution in [0.5, 0.6) is 5.75 Å². The van der Waals surface area contributed by atoms with Crippen LogP contribution in [0.2, 0.25) is 0 Å². The van der Waals surface area contributed by atoms with Crippen molar-refractivity contribution in [3.63, 3.8) is 0 Å². The van der Waals surface area contributed by atoms with Crippen LogP contribution in [0.15, 0.2) is 96.1 Å². The number of fused-ring (bicyclic) bond motifs is 1. The number of hydrazone groups is 1. The summed E-state index contributed by atoms with van der Waals surface area (Å²) in [6.07, 6.45) is 1.73. The maximum Gasteiger partial charge on any atom is 0.273 e. The number of imidazole rings is 1. The number of nitrogens with zero attached hydrogens (tertiary/aromatic N) is 4. The van der Waals surface area contributed by atoms with Crippen LogP contribution < -0.4 is 15.1 Å². The topological polar surface area (TPSA) is 143 Å². The van der Waals surface area contributed by atoms with Crippen molar-refractivity contribution in [2.24, 2.45) is 16.9 Å². The van der Waals surface area contributed by atoms with Crippen molar-refractivity contribution in [2.75, 3.05) is 17.4 Å². The quantitative estimate of drug-likeness (QED) is 0.122. The molecule has 0 radical (unpaired) electrons. The molecule has 1 saturated heterocycles. The molecule has 3 aliphatic carbocycles. The number of carbonyl (C=O) groups is 2. The van der Waals surface area contributed by atoms with Gasteiger partial charge in [0, 0.05) is 18.2 Å². The third-order valence-electron chi connectivity index (χ3n) is 9.13. The first-order valence-electron chi connectivity index (χ1n) is 14.1. The summed E-state index contributed by atoms with van der Waals surface area (Å²) in [4.78, 5) is 48.8. The number of rotatable bonds is 6. The Labute approximate surface area is 250 Å². The van der Waals surface area contributed by atoms with Crippen LogP contribution in [0.4, 0.5) is 17.3 Å². The van der Waals surface area contributed by atoms with Crippen molar-refractivity contribution in [2.45, 2.75) is 11.3 Å². The number of hydrogen-bond donors (Lipinski definition) is 2. The molecule has 2 N–H and O–H groups in total. The molecule has 216 valence electrons. The molecule has 2 amide bonds. The minimum absolute atomic E-state index is 0.0659. The number of carbonyl (C=O) groups excluding carboxylic acids is 2. The molecule has 2 bridgehead atoms. The standard InChI is InChI=1S/C33H24N6O5/c1-44-26-16-18(39(42)43)14-15-25(26)38-30(40)28-27-19-8-2-4-10-21(19)33(29(28)31(38)41,22-11-5-3-9-20(22)27)17-34-37-32-35-23-12-6-7-13-24(23)36-32/h2-17,27-29H,1H3,(H2,35,36,37)/b34-17-/t27?,28-,29-,33?/m0/s1.